The molecule has 0 aromatic heterocycles. The van der Waals surface area contributed by atoms with Crippen LogP contribution in [-0.2, 0) is 11.9 Å². The molecule has 0 unspecified atom stereocenters. The van der Waals surface area contributed by atoms with Crippen LogP contribution < -0.4 is 0 Å². The number of hydrogen-bond donors (Lipinski definition) is 0. The number of amidine groups is 1. The van der Waals surface area contributed by atoms with Crippen molar-refractivity contribution in [3.05, 3.63) is 70.0 Å². The van der Waals surface area contributed by atoms with Crippen molar-refractivity contribution in [1.29, 1.82) is 0 Å². The van der Waals surface area contributed by atoms with Crippen molar-refractivity contribution in [3.8, 4) is 0 Å². The first-order valence-corrected chi connectivity index (χ1v) is 9.23. The second kappa shape index (κ2) is 7.90. The second-order valence-electron chi connectivity index (χ2n) is 5.70. The zero-order chi connectivity index (χ0) is 19.6. The van der Waals surface area contributed by atoms with E-state index in [1.165, 1.54) is 40.9 Å². The highest BCUT2D eigenvalue weighted by Gasteiger charge is 2.30. The lowest BCUT2D eigenvalue weighted by Gasteiger charge is -2.19. The molecule has 0 bridgehead atoms. The summed E-state index contributed by atoms with van der Waals surface area (Å²) in [6.45, 7) is 0.659. The van der Waals surface area contributed by atoms with Crippen molar-refractivity contribution in [2.75, 3.05) is 13.1 Å². The number of hydrogen-bond acceptors (Lipinski definition) is 3. The maximum atomic E-state index is 14.0. The maximum absolute atomic E-state index is 14.0. The van der Waals surface area contributed by atoms with Crippen LogP contribution in [-0.4, -0.2) is 29.1 Å². The van der Waals surface area contributed by atoms with Crippen molar-refractivity contribution in [3.63, 3.8) is 0 Å². The van der Waals surface area contributed by atoms with E-state index in [1.54, 1.807) is 0 Å². The van der Waals surface area contributed by atoms with E-state index in [2.05, 4.69) is 4.99 Å². The first-order valence-electron chi connectivity index (χ1n) is 7.86. The molecule has 1 aliphatic heterocycles. The van der Waals surface area contributed by atoms with E-state index in [9.17, 15) is 22.4 Å². The van der Waals surface area contributed by atoms with Crippen LogP contribution in [0.4, 0.5) is 17.6 Å². The number of benzene rings is 2. The molecular weight excluding hydrogens is 404 g/mol. The SMILES string of the molecule is O=C(c1c(F)cccc1Cl)N1CCN=C1SCc1ccc(C(F)(F)F)cc1. The molecule has 0 spiro atoms. The lowest BCUT2D eigenvalue weighted by atomic mass is 10.1. The Labute approximate surface area is 162 Å². The van der Waals surface area contributed by atoms with E-state index in [1.807, 2.05) is 0 Å². The van der Waals surface area contributed by atoms with Gasteiger partial charge in [-0.3, -0.25) is 14.7 Å². The van der Waals surface area contributed by atoms with Crippen LogP contribution in [0.25, 0.3) is 0 Å². The molecule has 142 valence electrons. The third-order valence-electron chi connectivity index (χ3n) is 3.87. The van der Waals surface area contributed by atoms with Gasteiger partial charge in [0, 0.05) is 12.3 Å². The molecule has 0 saturated carbocycles. The lowest BCUT2D eigenvalue weighted by Crippen LogP contribution is -2.33. The number of carbonyl (C=O) groups is 1. The molecule has 3 rings (SSSR count). The van der Waals surface area contributed by atoms with Crippen LogP contribution in [0.3, 0.4) is 0 Å². The largest absolute Gasteiger partial charge is 0.416 e. The van der Waals surface area contributed by atoms with E-state index in [4.69, 9.17) is 11.6 Å². The predicted octanol–water partition coefficient (Wildman–Crippen LogP) is 5.24. The van der Waals surface area contributed by atoms with Crippen LogP contribution >= 0.6 is 23.4 Å². The molecule has 0 radical (unpaired) electrons. The Morgan fingerprint density at radius 3 is 2.52 bits per heavy atom. The zero-order valence-electron chi connectivity index (χ0n) is 13.8. The quantitative estimate of drug-likeness (QED) is 0.641. The van der Waals surface area contributed by atoms with Gasteiger partial charge in [0.05, 0.1) is 22.7 Å². The molecule has 0 N–H and O–H groups in total. The summed E-state index contributed by atoms with van der Waals surface area (Å²) in [6, 6.07) is 8.77. The molecule has 1 aliphatic rings. The average molecular weight is 417 g/mol. The number of nitrogens with zero attached hydrogens (tertiary/aromatic N) is 2. The molecule has 0 fully saturated rings. The fraction of sp³-hybridized carbons (Fsp3) is 0.222. The first kappa shape index (κ1) is 19.7. The molecule has 1 amide bonds. The number of aliphatic imine (C=N–C) groups is 1. The normalized spacial score (nSPS) is 14.4. The summed E-state index contributed by atoms with van der Waals surface area (Å²) in [5.74, 6) is -0.980. The summed E-state index contributed by atoms with van der Waals surface area (Å²) in [7, 11) is 0. The molecule has 27 heavy (non-hydrogen) atoms. The van der Waals surface area contributed by atoms with Crippen molar-refractivity contribution < 1.29 is 22.4 Å². The van der Waals surface area contributed by atoms with Gasteiger partial charge >= 0.3 is 6.18 Å². The van der Waals surface area contributed by atoms with Gasteiger partial charge in [0.2, 0.25) is 0 Å². The fourth-order valence-corrected chi connectivity index (χ4v) is 3.76. The van der Waals surface area contributed by atoms with Crippen LogP contribution in [0.15, 0.2) is 47.5 Å². The summed E-state index contributed by atoms with van der Waals surface area (Å²) in [5, 5.41) is 0.401. The van der Waals surface area contributed by atoms with Gasteiger partial charge in [-0.15, -0.1) is 0 Å². The van der Waals surface area contributed by atoms with E-state index in [-0.39, 0.29) is 10.6 Å². The Morgan fingerprint density at radius 1 is 1.19 bits per heavy atom. The van der Waals surface area contributed by atoms with Crippen molar-refractivity contribution in [2.45, 2.75) is 11.9 Å². The third kappa shape index (κ3) is 4.44. The highest BCUT2D eigenvalue weighted by molar-refractivity contribution is 8.13. The van der Waals surface area contributed by atoms with Crippen molar-refractivity contribution in [1.82, 2.24) is 4.90 Å². The van der Waals surface area contributed by atoms with Crippen LogP contribution in [0.5, 0.6) is 0 Å². The summed E-state index contributed by atoms with van der Waals surface area (Å²) >= 11 is 7.15. The van der Waals surface area contributed by atoms with Gasteiger partial charge in [-0.25, -0.2) is 4.39 Å². The van der Waals surface area contributed by atoms with Gasteiger partial charge in [0.15, 0.2) is 5.17 Å². The maximum Gasteiger partial charge on any atom is 0.416 e. The number of rotatable bonds is 3. The van der Waals surface area contributed by atoms with Gasteiger partial charge in [-0.05, 0) is 29.8 Å². The Hall–Kier alpha value is -2.06. The zero-order valence-corrected chi connectivity index (χ0v) is 15.3. The number of carbonyl (C=O) groups excluding carboxylic acids is 1. The monoisotopic (exact) mass is 416 g/mol. The van der Waals surface area contributed by atoms with Gasteiger partial charge < -0.3 is 0 Å². The highest BCUT2D eigenvalue weighted by atomic mass is 35.5. The third-order valence-corrected chi connectivity index (χ3v) is 5.27. The number of alkyl halides is 3. The fourth-order valence-electron chi connectivity index (χ4n) is 2.51. The molecule has 3 nitrogen and oxygen atoms in total. The Morgan fingerprint density at radius 2 is 1.89 bits per heavy atom. The molecular formula is C18H13ClF4N2OS. The van der Waals surface area contributed by atoms with Gasteiger partial charge in [-0.1, -0.05) is 41.6 Å². The molecule has 1 heterocycles. The Bertz CT molecular complexity index is 864. The Kier molecular flexibility index (Phi) is 5.76. The van der Waals surface area contributed by atoms with E-state index < -0.39 is 23.5 Å². The average Bonchev–Trinajstić information content (AvgIpc) is 3.08. The smallest absolute Gasteiger partial charge is 0.285 e. The second-order valence-corrected chi connectivity index (χ2v) is 7.05. The summed E-state index contributed by atoms with van der Waals surface area (Å²) in [4.78, 5) is 18.2. The van der Waals surface area contributed by atoms with Gasteiger partial charge in [-0.2, -0.15) is 13.2 Å². The number of amides is 1. The first-order chi connectivity index (χ1) is 12.8. The number of thioether (sulfide) groups is 1. The minimum Gasteiger partial charge on any atom is -0.285 e. The van der Waals surface area contributed by atoms with Crippen LogP contribution in [0.1, 0.15) is 21.5 Å². The minimum absolute atomic E-state index is 0.0130. The Balaban J connectivity index is 1.69. The van der Waals surface area contributed by atoms with Crippen molar-refractivity contribution in [2.24, 2.45) is 4.99 Å². The van der Waals surface area contributed by atoms with Crippen LogP contribution in [0.2, 0.25) is 5.02 Å². The van der Waals surface area contributed by atoms with E-state index in [0.29, 0.717) is 29.6 Å². The molecule has 0 atom stereocenters. The number of halogens is 5. The van der Waals surface area contributed by atoms with Crippen LogP contribution in [0, 0.1) is 5.82 Å². The molecule has 0 aliphatic carbocycles. The van der Waals surface area contributed by atoms with Gasteiger partial charge in [0.25, 0.3) is 5.91 Å². The highest BCUT2D eigenvalue weighted by Crippen LogP contribution is 2.30. The minimum atomic E-state index is -4.39. The molecule has 2 aromatic rings. The van der Waals surface area contributed by atoms with E-state index >= 15 is 0 Å². The molecule has 9 heteroatoms. The van der Waals surface area contributed by atoms with Gasteiger partial charge in [0.1, 0.15) is 5.82 Å². The predicted molar refractivity (Wildman–Crippen MR) is 97.5 cm³/mol. The standard InChI is InChI=1S/C18H13ClF4N2OS/c19-13-2-1-3-14(20)15(13)16(26)25-9-8-24-17(25)27-10-11-4-6-12(7-5-11)18(21,22)23/h1-7H,8-10H2. The topological polar surface area (TPSA) is 32.7 Å². The lowest BCUT2D eigenvalue weighted by molar-refractivity contribution is -0.137. The summed E-state index contributed by atoms with van der Waals surface area (Å²) in [6.07, 6.45) is -4.39. The van der Waals surface area contributed by atoms with Crippen molar-refractivity contribution >= 4 is 34.4 Å². The summed E-state index contributed by atoms with van der Waals surface area (Å²) < 4.78 is 51.8. The summed E-state index contributed by atoms with van der Waals surface area (Å²) in [5.41, 5.74) is -0.289. The molecule has 0 saturated heterocycles. The molecule has 2 aromatic carbocycles. The van der Waals surface area contributed by atoms with E-state index in [0.717, 1.165) is 18.2 Å².